The molecule has 3 N–H and O–H groups in total. The van der Waals surface area contributed by atoms with Gasteiger partial charge in [-0.15, -0.1) is 0 Å². The molecule has 2 aliphatic carbocycles. The van der Waals surface area contributed by atoms with Gasteiger partial charge in [0.25, 0.3) is 5.91 Å². The van der Waals surface area contributed by atoms with Gasteiger partial charge in [-0.05, 0) is 38.7 Å². The van der Waals surface area contributed by atoms with Crippen molar-refractivity contribution in [3.8, 4) is 5.88 Å². The Morgan fingerprint density at radius 1 is 1.42 bits per heavy atom. The molecule has 0 bridgehead atoms. The summed E-state index contributed by atoms with van der Waals surface area (Å²) < 4.78 is 22.5. The maximum absolute atomic E-state index is 14.8. The van der Waals surface area contributed by atoms with E-state index in [1.165, 1.54) is 22.9 Å². The molecule has 176 valence electrons. The number of halogens is 1. The van der Waals surface area contributed by atoms with Crippen LogP contribution in [0.15, 0.2) is 17.1 Å². The van der Waals surface area contributed by atoms with Crippen LogP contribution in [0.25, 0.3) is 11.7 Å². The molecule has 0 radical (unpaired) electrons. The zero-order valence-corrected chi connectivity index (χ0v) is 18.3. The van der Waals surface area contributed by atoms with Crippen LogP contribution in [-0.4, -0.2) is 68.9 Å². The fourth-order valence-electron chi connectivity index (χ4n) is 4.11. The number of fused-ring (bicyclic) bond motifs is 1. The molecule has 1 aliphatic heterocycles. The Morgan fingerprint density at radius 3 is 2.85 bits per heavy atom. The summed E-state index contributed by atoms with van der Waals surface area (Å²) in [6, 6.07) is -0.0820. The molecule has 1 saturated heterocycles. The number of morpholine rings is 1. The number of aromatic hydroxyl groups is 1. The van der Waals surface area contributed by atoms with Crippen molar-refractivity contribution in [2.45, 2.75) is 56.9 Å². The van der Waals surface area contributed by atoms with Crippen molar-refractivity contribution in [1.82, 2.24) is 19.8 Å². The van der Waals surface area contributed by atoms with E-state index in [1.807, 2.05) is 6.92 Å². The van der Waals surface area contributed by atoms with Gasteiger partial charge in [0, 0.05) is 18.7 Å². The first-order valence-electron chi connectivity index (χ1n) is 11.2. The van der Waals surface area contributed by atoms with Crippen LogP contribution < -0.4 is 15.4 Å². The number of H-pyrrole nitrogens is 1. The van der Waals surface area contributed by atoms with Crippen LogP contribution in [-0.2, 0) is 16.1 Å². The van der Waals surface area contributed by atoms with Gasteiger partial charge in [0.1, 0.15) is 12.2 Å². The molecule has 3 aliphatic rings. The normalized spacial score (nSPS) is 22.1. The first kappa shape index (κ1) is 21.6. The van der Waals surface area contributed by atoms with Gasteiger partial charge >= 0.3 is 17.1 Å². The van der Waals surface area contributed by atoms with E-state index in [9.17, 15) is 23.9 Å². The molecule has 2 aromatic rings. The number of hydrogen-bond acceptors (Lipinski definition) is 5. The molecule has 1 atom stereocenters. The molecule has 5 rings (SSSR count). The quantitative estimate of drug-likeness (QED) is 0.422. The van der Waals surface area contributed by atoms with Gasteiger partial charge in [0.2, 0.25) is 11.5 Å². The average molecular weight is 460 g/mol. The van der Waals surface area contributed by atoms with E-state index in [1.54, 1.807) is 4.90 Å². The van der Waals surface area contributed by atoms with Crippen molar-refractivity contribution in [1.29, 1.82) is 0 Å². The number of nitrogens with zero attached hydrogens (tertiary/aromatic N) is 3. The highest BCUT2D eigenvalue weighted by Crippen LogP contribution is 2.40. The molecular formula is C22H27FN5O5+. The maximum atomic E-state index is 14.8. The summed E-state index contributed by atoms with van der Waals surface area (Å²) in [6.45, 7) is 3.08. The highest BCUT2D eigenvalue weighted by Gasteiger charge is 2.48. The lowest BCUT2D eigenvalue weighted by Gasteiger charge is -2.32. The molecule has 2 amide bonds. The van der Waals surface area contributed by atoms with Crippen LogP contribution in [0.5, 0.6) is 5.88 Å². The van der Waals surface area contributed by atoms with E-state index in [0.717, 1.165) is 17.4 Å². The van der Waals surface area contributed by atoms with E-state index in [-0.39, 0.29) is 30.2 Å². The third-order valence-corrected chi connectivity index (χ3v) is 6.40. The second kappa shape index (κ2) is 7.98. The van der Waals surface area contributed by atoms with Crippen molar-refractivity contribution in [2.24, 2.45) is 0 Å². The van der Waals surface area contributed by atoms with Gasteiger partial charge in [-0.3, -0.25) is 9.59 Å². The monoisotopic (exact) mass is 460 g/mol. The van der Waals surface area contributed by atoms with Crippen LogP contribution in [0.1, 0.15) is 48.5 Å². The molecule has 2 saturated carbocycles. The standard InChI is InChI=1S/C22H26FN5O5/c1-13-11-33-9-8-26(13)16(29)5-2-14-10-24-28-19(14)27(12-22(23)6-7-22)20(31)17(21(28)32)18(30)25-15-3-4-15/h2,5,10,13,15H,3-4,6-9,11-12H2,1H3,(H2,25,30,31,32)/p+1/b5-2+/t13-/m1/s1. The lowest BCUT2D eigenvalue weighted by molar-refractivity contribution is -0.688. The Bertz CT molecular complexity index is 1210. The second-order valence-corrected chi connectivity index (χ2v) is 9.17. The summed E-state index contributed by atoms with van der Waals surface area (Å²) >= 11 is 0. The number of amides is 2. The number of carbonyl (C=O) groups excluding carboxylic acids is 2. The summed E-state index contributed by atoms with van der Waals surface area (Å²) in [6.07, 6.45) is 6.68. The molecule has 11 heteroatoms. The largest absolute Gasteiger partial charge is 0.477 e. The fraction of sp³-hybridized carbons (Fsp3) is 0.545. The second-order valence-electron chi connectivity index (χ2n) is 9.17. The molecule has 3 heterocycles. The molecule has 0 aromatic carbocycles. The predicted molar refractivity (Wildman–Crippen MR) is 114 cm³/mol. The predicted octanol–water partition coefficient (Wildman–Crippen LogP) is 0.276. The first-order chi connectivity index (χ1) is 15.8. The highest BCUT2D eigenvalue weighted by molar-refractivity contribution is 5.96. The summed E-state index contributed by atoms with van der Waals surface area (Å²) in [5.41, 5.74) is -2.09. The summed E-state index contributed by atoms with van der Waals surface area (Å²) in [7, 11) is 0. The van der Waals surface area contributed by atoms with Crippen molar-refractivity contribution in [3.63, 3.8) is 0 Å². The van der Waals surface area contributed by atoms with Crippen LogP contribution in [0.4, 0.5) is 4.39 Å². The Balaban J connectivity index is 1.55. The highest BCUT2D eigenvalue weighted by atomic mass is 19.1. The Kier molecular flexibility index (Phi) is 5.23. The van der Waals surface area contributed by atoms with Crippen LogP contribution in [0.3, 0.4) is 0 Å². The number of ether oxygens (including phenoxy) is 1. The Hall–Kier alpha value is -3.21. The van der Waals surface area contributed by atoms with Crippen LogP contribution in [0.2, 0.25) is 0 Å². The van der Waals surface area contributed by atoms with Gasteiger partial charge in [-0.2, -0.15) is 4.57 Å². The molecule has 0 unspecified atom stereocenters. The maximum Gasteiger partial charge on any atom is 0.378 e. The molecule has 2 aromatic heterocycles. The number of carbonyl (C=O) groups is 2. The zero-order chi connectivity index (χ0) is 23.3. The Morgan fingerprint density at radius 2 is 2.18 bits per heavy atom. The summed E-state index contributed by atoms with van der Waals surface area (Å²) in [5.74, 6) is -1.48. The summed E-state index contributed by atoms with van der Waals surface area (Å²) in [4.78, 5) is 40.1. The van der Waals surface area contributed by atoms with E-state index < -0.39 is 28.6 Å². The van der Waals surface area contributed by atoms with Gasteiger partial charge in [0.15, 0.2) is 0 Å². The number of aromatic amines is 1. The molecule has 3 fully saturated rings. The number of alkyl halides is 1. The smallest absolute Gasteiger partial charge is 0.378 e. The van der Waals surface area contributed by atoms with E-state index >= 15 is 0 Å². The van der Waals surface area contributed by atoms with E-state index in [2.05, 4.69) is 10.4 Å². The minimum atomic E-state index is -1.51. The minimum absolute atomic E-state index is 0.0166. The van der Waals surface area contributed by atoms with E-state index in [4.69, 9.17) is 4.74 Å². The topological polar surface area (TPSA) is 120 Å². The number of hydrogen-bond donors (Lipinski definition) is 3. The summed E-state index contributed by atoms with van der Waals surface area (Å²) in [5, 5.41) is 16.4. The van der Waals surface area contributed by atoms with Crippen molar-refractivity contribution < 1.29 is 28.4 Å². The molecule has 33 heavy (non-hydrogen) atoms. The average Bonchev–Trinajstić information content (AvgIpc) is 3.69. The zero-order valence-electron chi connectivity index (χ0n) is 18.3. The number of aromatic nitrogens is 3. The third kappa shape index (κ3) is 4.12. The first-order valence-corrected chi connectivity index (χ1v) is 11.2. The number of rotatable bonds is 6. The minimum Gasteiger partial charge on any atom is -0.477 e. The lowest BCUT2D eigenvalue weighted by Crippen LogP contribution is -2.47. The molecule has 0 spiro atoms. The third-order valence-electron chi connectivity index (χ3n) is 6.40. The molecular weight excluding hydrogens is 433 g/mol. The lowest BCUT2D eigenvalue weighted by atomic mass is 10.2. The van der Waals surface area contributed by atoms with Gasteiger partial charge in [0.05, 0.1) is 31.0 Å². The van der Waals surface area contributed by atoms with Crippen molar-refractivity contribution >= 4 is 23.5 Å². The fourth-order valence-corrected chi connectivity index (χ4v) is 4.11. The van der Waals surface area contributed by atoms with Crippen LogP contribution in [0, 0.1) is 0 Å². The SMILES string of the molecule is C[C@@H]1COCCN1C(=O)/C=C/c1c[nH]n2c(=O)c(C(=O)NC3CC3)c(O)[n+](CC3(F)CC3)c12. The Labute approximate surface area is 188 Å². The van der Waals surface area contributed by atoms with E-state index in [0.29, 0.717) is 38.2 Å². The van der Waals surface area contributed by atoms with Gasteiger partial charge in [-0.25, -0.2) is 14.3 Å². The van der Waals surface area contributed by atoms with Gasteiger partial charge < -0.3 is 20.1 Å². The van der Waals surface area contributed by atoms with Crippen molar-refractivity contribution in [3.05, 3.63) is 33.8 Å². The van der Waals surface area contributed by atoms with Crippen molar-refractivity contribution in [2.75, 3.05) is 19.8 Å². The number of nitrogens with one attached hydrogen (secondary N) is 2. The van der Waals surface area contributed by atoms with Gasteiger partial charge in [-0.1, -0.05) is 4.52 Å². The van der Waals surface area contributed by atoms with Crippen LogP contribution >= 0.6 is 0 Å². The molecule has 10 nitrogen and oxygen atoms in total.